The van der Waals surface area contributed by atoms with E-state index in [2.05, 4.69) is 27.7 Å². The maximum atomic E-state index is 6.97. The van der Waals surface area contributed by atoms with Gasteiger partial charge in [-0.15, -0.1) is 0 Å². The predicted octanol–water partition coefficient (Wildman–Crippen LogP) is 6.93. The second kappa shape index (κ2) is 10.8. The van der Waals surface area contributed by atoms with Crippen LogP contribution in [0.5, 0.6) is 0 Å². The van der Waals surface area contributed by atoms with E-state index in [0.717, 1.165) is 5.92 Å². The normalized spacial score (nSPS) is 18.3. The molecule has 0 saturated heterocycles. The Balaban J connectivity index is 2.68. The molecule has 21 heavy (non-hydrogen) atoms. The fraction of sp³-hybridized carbons (Fsp3) is 1.00. The summed E-state index contributed by atoms with van der Waals surface area (Å²) in [6.07, 6.45) is 14.4. The summed E-state index contributed by atoms with van der Waals surface area (Å²) >= 11 is 0. The molecule has 1 unspecified atom stereocenters. The maximum Gasteiger partial charge on any atom is 0.193 e. The molecule has 2 heteroatoms. The van der Waals surface area contributed by atoms with Crippen molar-refractivity contribution in [1.29, 1.82) is 0 Å². The zero-order chi connectivity index (χ0) is 15.6. The number of hydrogen-bond donors (Lipinski definition) is 0. The molecule has 0 N–H and O–H groups in total. The average molecular weight is 313 g/mol. The molecule has 0 aromatic heterocycles. The van der Waals surface area contributed by atoms with Crippen LogP contribution in [0.2, 0.25) is 18.1 Å². The van der Waals surface area contributed by atoms with Crippen LogP contribution in [0.25, 0.3) is 0 Å². The first kappa shape index (κ1) is 19.2. The largest absolute Gasteiger partial charge is 0.414 e. The molecule has 0 bridgehead atoms. The van der Waals surface area contributed by atoms with Crippen LogP contribution in [0.15, 0.2) is 0 Å². The molecule has 1 aliphatic carbocycles. The van der Waals surface area contributed by atoms with E-state index in [9.17, 15) is 0 Å². The lowest BCUT2D eigenvalue weighted by Crippen LogP contribution is -2.42. The summed E-state index contributed by atoms with van der Waals surface area (Å²) in [5.74, 6) is 0.863. The Morgan fingerprint density at radius 1 is 0.857 bits per heavy atom. The Morgan fingerprint density at radius 3 is 1.67 bits per heavy atom. The summed E-state index contributed by atoms with van der Waals surface area (Å²) < 4.78 is 6.97. The van der Waals surface area contributed by atoms with E-state index in [1.807, 2.05) is 0 Å². The lowest BCUT2D eigenvalue weighted by Gasteiger charge is -2.37. The van der Waals surface area contributed by atoms with Gasteiger partial charge < -0.3 is 4.43 Å². The van der Waals surface area contributed by atoms with Crippen molar-refractivity contribution >= 4 is 8.32 Å². The van der Waals surface area contributed by atoms with Crippen molar-refractivity contribution in [3.63, 3.8) is 0 Å². The molecule has 0 aliphatic heterocycles. The van der Waals surface area contributed by atoms with E-state index < -0.39 is 8.32 Å². The van der Waals surface area contributed by atoms with E-state index >= 15 is 0 Å². The zero-order valence-corrected chi connectivity index (χ0v) is 16.3. The molecule has 1 saturated carbocycles. The van der Waals surface area contributed by atoms with E-state index in [4.69, 9.17) is 4.43 Å². The number of unbranched alkanes of at least 4 members (excludes halogenated alkanes) is 3. The second-order valence-electron chi connectivity index (χ2n) is 7.36. The number of hydrogen-bond acceptors (Lipinski definition) is 1. The summed E-state index contributed by atoms with van der Waals surface area (Å²) in [5, 5.41) is 0. The van der Waals surface area contributed by atoms with E-state index in [1.54, 1.807) is 0 Å². The second-order valence-corrected chi connectivity index (χ2v) is 11.5. The van der Waals surface area contributed by atoms with Gasteiger partial charge in [0.25, 0.3) is 0 Å². The topological polar surface area (TPSA) is 9.23 Å². The highest BCUT2D eigenvalue weighted by atomic mass is 28.4. The third-order valence-corrected chi connectivity index (χ3v) is 10.1. The molecular weight excluding hydrogens is 272 g/mol. The first-order chi connectivity index (χ1) is 10.2. The lowest BCUT2D eigenvalue weighted by molar-refractivity contribution is 0.139. The van der Waals surface area contributed by atoms with E-state index in [-0.39, 0.29) is 0 Å². The minimum atomic E-state index is -1.49. The molecule has 0 radical (unpaired) electrons. The van der Waals surface area contributed by atoms with Crippen LogP contribution in [0, 0.1) is 5.92 Å². The Hall–Kier alpha value is 0.177. The molecular formula is C19H40OSi. The van der Waals surface area contributed by atoms with Gasteiger partial charge >= 0.3 is 0 Å². The molecule has 0 amide bonds. The van der Waals surface area contributed by atoms with Crippen molar-refractivity contribution < 1.29 is 4.43 Å². The Bertz CT molecular complexity index is 226. The van der Waals surface area contributed by atoms with Crippen LogP contribution < -0.4 is 0 Å². The molecule has 1 aliphatic rings. The Morgan fingerprint density at radius 2 is 1.29 bits per heavy atom. The molecule has 0 spiro atoms. The first-order valence-corrected chi connectivity index (χ1v) is 12.4. The highest BCUT2D eigenvalue weighted by Crippen LogP contribution is 2.36. The molecule has 1 fully saturated rings. The molecule has 126 valence electrons. The zero-order valence-electron chi connectivity index (χ0n) is 15.3. The van der Waals surface area contributed by atoms with Gasteiger partial charge in [-0.05, 0) is 43.8 Å². The van der Waals surface area contributed by atoms with Gasteiger partial charge in [0.05, 0.1) is 0 Å². The summed E-state index contributed by atoms with van der Waals surface area (Å²) in [5.41, 5.74) is 0. The fourth-order valence-electron chi connectivity index (χ4n) is 3.97. The van der Waals surface area contributed by atoms with Gasteiger partial charge in [-0.25, -0.2) is 0 Å². The van der Waals surface area contributed by atoms with Crippen LogP contribution in [0.4, 0.5) is 0 Å². The summed E-state index contributed by atoms with van der Waals surface area (Å²) in [6.45, 7) is 9.39. The highest BCUT2D eigenvalue weighted by Gasteiger charge is 2.36. The summed E-state index contributed by atoms with van der Waals surface area (Å²) in [6, 6.07) is 4.25. The number of rotatable bonds is 12. The van der Waals surface area contributed by atoms with Crippen LogP contribution >= 0.6 is 0 Å². The standard InChI is InChI=1S/C19H40OSi/c1-5-8-15-21(16-9-6-2,17-10-7-3)20-18(4)19-13-11-12-14-19/h18-19H,5-17H2,1-4H3. The van der Waals surface area contributed by atoms with Crippen molar-refractivity contribution in [2.75, 3.05) is 0 Å². The Kier molecular flexibility index (Phi) is 9.91. The smallest absolute Gasteiger partial charge is 0.193 e. The van der Waals surface area contributed by atoms with Gasteiger partial charge in [-0.3, -0.25) is 0 Å². The molecule has 1 atom stereocenters. The van der Waals surface area contributed by atoms with Crippen molar-refractivity contribution in [2.24, 2.45) is 5.92 Å². The van der Waals surface area contributed by atoms with Gasteiger partial charge in [-0.2, -0.15) is 0 Å². The van der Waals surface area contributed by atoms with Crippen LogP contribution in [-0.2, 0) is 4.43 Å². The van der Waals surface area contributed by atoms with Gasteiger partial charge in [0.2, 0.25) is 0 Å². The van der Waals surface area contributed by atoms with Crippen molar-refractivity contribution in [2.45, 2.75) is 116 Å². The van der Waals surface area contributed by atoms with Gasteiger partial charge in [0.15, 0.2) is 8.32 Å². The molecule has 0 heterocycles. The van der Waals surface area contributed by atoms with E-state index in [1.165, 1.54) is 82.3 Å². The SMILES string of the molecule is CCCC[Si](CCCC)(CCCC)OC(C)C1CCCC1. The summed E-state index contributed by atoms with van der Waals surface area (Å²) in [7, 11) is -1.49. The lowest BCUT2D eigenvalue weighted by atomic mass is 10.0. The molecule has 1 rings (SSSR count). The third kappa shape index (κ3) is 6.86. The van der Waals surface area contributed by atoms with Gasteiger partial charge in [0, 0.05) is 6.10 Å². The molecule has 0 aromatic carbocycles. The summed E-state index contributed by atoms with van der Waals surface area (Å²) in [4.78, 5) is 0. The van der Waals surface area contributed by atoms with Gasteiger partial charge in [-0.1, -0.05) is 72.1 Å². The van der Waals surface area contributed by atoms with Crippen molar-refractivity contribution in [3.8, 4) is 0 Å². The maximum absolute atomic E-state index is 6.97. The quantitative estimate of drug-likeness (QED) is 0.355. The van der Waals surface area contributed by atoms with Crippen LogP contribution in [0.3, 0.4) is 0 Å². The third-order valence-electron chi connectivity index (χ3n) is 5.46. The van der Waals surface area contributed by atoms with Gasteiger partial charge in [0.1, 0.15) is 0 Å². The first-order valence-electron chi connectivity index (χ1n) is 9.85. The van der Waals surface area contributed by atoms with Crippen LogP contribution in [-0.4, -0.2) is 14.4 Å². The monoisotopic (exact) mass is 312 g/mol. The van der Waals surface area contributed by atoms with E-state index in [0.29, 0.717) is 6.10 Å². The van der Waals surface area contributed by atoms with Crippen LogP contribution in [0.1, 0.15) is 91.9 Å². The minimum Gasteiger partial charge on any atom is -0.414 e. The minimum absolute atomic E-state index is 0.532. The highest BCUT2D eigenvalue weighted by molar-refractivity contribution is 6.73. The van der Waals surface area contributed by atoms with Crippen molar-refractivity contribution in [1.82, 2.24) is 0 Å². The molecule has 1 nitrogen and oxygen atoms in total. The fourth-order valence-corrected chi connectivity index (χ4v) is 9.04. The molecule has 0 aromatic rings. The predicted molar refractivity (Wildman–Crippen MR) is 97.4 cm³/mol. The average Bonchev–Trinajstić information content (AvgIpc) is 3.03. The van der Waals surface area contributed by atoms with Crippen molar-refractivity contribution in [3.05, 3.63) is 0 Å². The Labute approximate surface area is 135 Å².